The van der Waals surface area contributed by atoms with Crippen molar-refractivity contribution in [3.8, 4) is 0 Å². The zero-order valence-corrected chi connectivity index (χ0v) is 13.3. The van der Waals surface area contributed by atoms with Crippen LogP contribution < -0.4 is 4.72 Å². The van der Waals surface area contributed by atoms with Crippen LogP contribution in [0.1, 0.15) is 22.3 Å². The number of hydrogen-bond acceptors (Lipinski definition) is 2. The highest BCUT2D eigenvalue weighted by Crippen LogP contribution is 2.27. The molecule has 0 amide bonds. The quantitative estimate of drug-likeness (QED) is 0.936. The lowest BCUT2D eigenvalue weighted by molar-refractivity contribution is 0.599. The van der Waals surface area contributed by atoms with Crippen LogP contribution in [-0.2, 0) is 10.0 Å². The Bertz CT molecular complexity index is 772. The van der Waals surface area contributed by atoms with Crippen molar-refractivity contribution in [2.24, 2.45) is 0 Å². The molecule has 0 spiro atoms. The summed E-state index contributed by atoms with van der Waals surface area (Å²) in [6.45, 7) is 7.32. The molecule has 0 bridgehead atoms. The zero-order chi connectivity index (χ0) is 15.8. The molecule has 0 saturated carbocycles. The molecule has 0 heterocycles. The third-order valence-electron chi connectivity index (χ3n) is 3.64. The fraction of sp³-hybridized carbons (Fsp3) is 0.250. The average Bonchev–Trinajstić information content (AvgIpc) is 2.35. The van der Waals surface area contributed by atoms with Gasteiger partial charge in [-0.25, -0.2) is 12.8 Å². The van der Waals surface area contributed by atoms with Gasteiger partial charge in [-0.05, 0) is 68.1 Å². The minimum atomic E-state index is -3.75. The number of aryl methyl sites for hydroxylation is 2. The van der Waals surface area contributed by atoms with Crippen LogP contribution in [0.3, 0.4) is 0 Å². The van der Waals surface area contributed by atoms with Crippen LogP contribution in [0.15, 0.2) is 35.2 Å². The molecule has 1 N–H and O–H groups in total. The summed E-state index contributed by atoms with van der Waals surface area (Å²) in [4.78, 5) is 0.268. The van der Waals surface area contributed by atoms with Gasteiger partial charge < -0.3 is 0 Å². The Morgan fingerprint density at radius 1 is 0.952 bits per heavy atom. The lowest BCUT2D eigenvalue weighted by atomic mass is 10.0. The van der Waals surface area contributed by atoms with E-state index in [-0.39, 0.29) is 10.6 Å². The summed E-state index contributed by atoms with van der Waals surface area (Å²) >= 11 is 0. The summed E-state index contributed by atoms with van der Waals surface area (Å²) in [6.07, 6.45) is 0. The fourth-order valence-electron chi connectivity index (χ4n) is 2.34. The van der Waals surface area contributed by atoms with Crippen LogP contribution in [-0.4, -0.2) is 8.42 Å². The monoisotopic (exact) mass is 307 g/mol. The Hall–Kier alpha value is -1.88. The van der Waals surface area contributed by atoms with Crippen molar-refractivity contribution < 1.29 is 12.8 Å². The van der Waals surface area contributed by atoms with Gasteiger partial charge in [0.15, 0.2) is 0 Å². The van der Waals surface area contributed by atoms with Crippen molar-refractivity contribution in [3.63, 3.8) is 0 Å². The van der Waals surface area contributed by atoms with Crippen molar-refractivity contribution in [3.05, 3.63) is 58.4 Å². The maximum absolute atomic E-state index is 13.2. The smallest absolute Gasteiger partial charge is 0.262 e. The maximum Gasteiger partial charge on any atom is 0.262 e. The molecule has 0 radical (unpaired) electrons. The molecule has 0 aliphatic heterocycles. The van der Waals surface area contributed by atoms with Crippen LogP contribution >= 0.6 is 0 Å². The van der Waals surface area contributed by atoms with Crippen LogP contribution in [0, 0.1) is 33.5 Å². The molecule has 3 nitrogen and oxygen atoms in total. The first-order chi connectivity index (χ1) is 9.72. The maximum atomic E-state index is 13.2. The Morgan fingerprint density at radius 3 is 2.05 bits per heavy atom. The molecular weight excluding hydrogens is 289 g/mol. The van der Waals surface area contributed by atoms with Gasteiger partial charge in [-0.1, -0.05) is 12.1 Å². The van der Waals surface area contributed by atoms with E-state index in [0.29, 0.717) is 11.1 Å². The van der Waals surface area contributed by atoms with Gasteiger partial charge >= 0.3 is 0 Å². The number of anilines is 1. The molecule has 0 aromatic heterocycles. The SMILES string of the molecule is Cc1cc(C)c(C)c(S(=O)(=O)Nc2cccc(F)c2)c1C. The van der Waals surface area contributed by atoms with E-state index >= 15 is 0 Å². The number of hydrogen-bond donors (Lipinski definition) is 1. The van der Waals surface area contributed by atoms with E-state index in [9.17, 15) is 12.8 Å². The standard InChI is InChI=1S/C16H18FNO2S/c1-10-8-11(2)13(4)16(12(10)3)21(19,20)18-15-7-5-6-14(17)9-15/h5-9,18H,1-4H3. The van der Waals surface area contributed by atoms with E-state index in [4.69, 9.17) is 0 Å². The van der Waals surface area contributed by atoms with Crippen molar-refractivity contribution in [2.75, 3.05) is 4.72 Å². The van der Waals surface area contributed by atoms with Crippen molar-refractivity contribution in [1.82, 2.24) is 0 Å². The van der Waals surface area contributed by atoms with E-state index in [1.54, 1.807) is 13.8 Å². The lowest BCUT2D eigenvalue weighted by Crippen LogP contribution is -2.17. The highest BCUT2D eigenvalue weighted by atomic mass is 32.2. The number of sulfonamides is 1. The number of nitrogens with one attached hydrogen (secondary N) is 1. The van der Waals surface area contributed by atoms with E-state index in [1.807, 2.05) is 19.9 Å². The first-order valence-electron chi connectivity index (χ1n) is 6.58. The van der Waals surface area contributed by atoms with Gasteiger partial charge in [-0.2, -0.15) is 0 Å². The minimum Gasteiger partial charge on any atom is -0.280 e. The first-order valence-corrected chi connectivity index (χ1v) is 8.06. The lowest BCUT2D eigenvalue weighted by Gasteiger charge is -2.16. The molecule has 112 valence electrons. The van der Waals surface area contributed by atoms with E-state index < -0.39 is 15.8 Å². The molecule has 0 atom stereocenters. The third kappa shape index (κ3) is 3.08. The molecule has 0 aliphatic rings. The molecule has 2 rings (SSSR count). The average molecular weight is 307 g/mol. The molecule has 2 aromatic carbocycles. The second-order valence-electron chi connectivity index (χ2n) is 5.21. The van der Waals surface area contributed by atoms with Crippen LogP contribution in [0.5, 0.6) is 0 Å². The van der Waals surface area contributed by atoms with Gasteiger partial charge in [0, 0.05) is 0 Å². The molecule has 0 fully saturated rings. The van der Waals surface area contributed by atoms with Crippen LogP contribution in [0.25, 0.3) is 0 Å². The van der Waals surface area contributed by atoms with Crippen LogP contribution in [0.2, 0.25) is 0 Å². The van der Waals surface area contributed by atoms with Crippen molar-refractivity contribution >= 4 is 15.7 Å². The Labute approximate surface area is 124 Å². The number of rotatable bonds is 3. The van der Waals surface area contributed by atoms with Gasteiger partial charge in [0.1, 0.15) is 5.82 Å². The van der Waals surface area contributed by atoms with E-state index in [0.717, 1.165) is 17.2 Å². The van der Waals surface area contributed by atoms with Gasteiger partial charge in [0.25, 0.3) is 10.0 Å². The Morgan fingerprint density at radius 2 is 1.52 bits per heavy atom. The highest BCUT2D eigenvalue weighted by molar-refractivity contribution is 7.92. The molecule has 0 unspecified atom stereocenters. The van der Waals surface area contributed by atoms with Gasteiger partial charge in [0.2, 0.25) is 0 Å². The van der Waals surface area contributed by atoms with Gasteiger partial charge in [0.05, 0.1) is 10.6 Å². The molecule has 21 heavy (non-hydrogen) atoms. The molecular formula is C16H18FNO2S. The molecule has 0 saturated heterocycles. The van der Waals surface area contributed by atoms with Gasteiger partial charge in [-0.3, -0.25) is 4.72 Å². The number of halogens is 1. The van der Waals surface area contributed by atoms with Crippen molar-refractivity contribution in [1.29, 1.82) is 0 Å². The highest BCUT2D eigenvalue weighted by Gasteiger charge is 2.22. The summed E-state index contributed by atoms with van der Waals surface area (Å²) < 4.78 is 40.9. The normalized spacial score (nSPS) is 11.5. The second-order valence-corrected chi connectivity index (χ2v) is 6.82. The van der Waals surface area contributed by atoms with E-state index in [1.165, 1.54) is 18.2 Å². The predicted molar refractivity (Wildman–Crippen MR) is 82.6 cm³/mol. The predicted octanol–water partition coefficient (Wildman–Crippen LogP) is 3.86. The van der Waals surface area contributed by atoms with Crippen LogP contribution in [0.4, 0.5) is 10.1 Å². The fourth-order valence-corrected chi connectivity index (χ4v) is 4.01. The molecule has 2 aromatic rings. The topological polar surface area (TPSA) is 46.2 Å². The van der Waals surface area contributed by atoms with E-state index in [2.05, 4.69) is 4.72 Å². The third-order valence-corrected chi connectivity index (χ3v) is 5.30. The largest absolute Gasteiger partial charge is 0.280 e. The molecule has 5 heteroatoms. The minimum absolute atomic E-state index is 0.216. The second kappa shape index (κ2) is 5.48. The van der Waals surface area contributed by atoms with Crippen molar-refractivity contribution in [2.45, 2.75) is 32.6 Å². The summed E-state index contributed by atoms with van der Waals surface area (Å²) in [7, 11) is -3.75. The summed E-state index contributed by atoms with van der Waals surface area (Å²) in [6, 6.07) is 7.38. The Balaban J connectivity index is 2.55. The first kappa shape index (κ1) is 15.5. The van der Waals surface area contributed by atoms with Gasteiger partial charge in [-0.15, -0.1) is 0 Å². The summed E-state index contributed by atoms with van der Waals surface area (Å²) in [5, 5.41) is 0. The number of benzene rings is 2. The zero-order valence-electron chi connectivity index (χ0n) is 12.5. The Kier molecular flexibility index (Phi) is 4.05. The summed E-state index contributed by atoms with van der Waals surface area (Å²) in [5.41, 5.74) is 3.47. The summed E-state index contributed by atoms with van der Waals surface area (Å²) in [5.74, 6) is -0.482. The molecule has 0 aliphatic carbocycles.